The first-order valence-corrected chi connectivity index (χ1v) is 8.52. The highest BCUT2D eigenvalue weighted by atomic mass is 127. The fourth-order valence-corrected chi connectivity index (χ4v) is 3.16. The molecule has 0 spiro atoms. The average Bonchev–Trinajstić information content (AvgIpc) is 2.59. The second kappa shape index (κ2) is 11.4. The van der Waals surface area contributed by atoms with Crippen molar-refractivity contribution < 1.29 is 9.47 Å². The maximum absolute atomic E-state index is 5.95. The van der Waals surface area contributed by atoms with Crippen molar-refractivity contribution >= 4 is 35.6 Å². The maximum atomic E-state index is 5.95. The fraction of sp³-hybridized carbons (Fsp3) is 0.611. The summed E-state index contributed by atoms with van der Waals surface area (Å²) in [4.78, 5) is 4.41. The van der Waals surface area contributed by atoms with Gasteiger partial charge in [-0.3, -0.25) is 4.99 Å². The van der Waals surface area contributed by atoms with Crippen molar-refractivity contribution in [2.75, 3.05) is 26.1 Å². The first kappa shape index (κ1) is 20.9. The Morgan fingerprint density at radius 2 is 1.88 bits per heavy atom. The molecule has 1 aliphatic carbocycles. The average molecular weight is 447 g/mol. The van der Waals surface area contributed by atoms with E-state index in [1.165, 1.54) is 38.5 Å². The lowest BCUT2D eigenvalue weighted by atomic mass is 9.86. The topological polar surface area (TPSA) is 68.9 Å². The zero-order chi connectivity index (χ0) is 16.5. The number of aliphatic imine (C=N–C) groups is 1. The van der Waals surface area contributed by atoms with Crippen LogP contribution in [-0.4, -0.2) is 26.7 Å². The summed E-state index contributed by atoms with van der Waals surface area (Å²) < 4.78 is 10.5. The molecule has 1 aromatic rings. The standard InChI is InChI=1S/C18H29N3O2.HI/c1-22-16-11-10-15(13-17(16)23-2)21-18(19)20-12-6-9-14-7-4-3-5-8-14;/h10-11,13-14H,3-9,12H2,1-2H3,(H3,19,20,21);1H. The lowest BCUT2D eigenvalue weighted by molar-refractivity contribution is 0.334. The molecule has 3 N–H and O–H groups in total. The Balaban J connectivity index is 0.00000288. The van der Waals surface area contributed by atoms with Gasteiger partial charge >= 0.3 is 0 Å². The number of guanidine groups is 1. The molecule has 1 aromatic carbocycles. The number of nitrogens with two attached hydrogens (primary N) is 1. The summed E-state index contributed by atoms with van der Waals surface area (Å²) in [5, 5.41) is 3.10. The predicted octanol–water partition coefficient (Wildman–Crippen LogP) is 4.41. The Morgan fingerprint density at radius 1 is 1.17 bits per heavy atom. The number of hydrogen-bond acceptors (Lipinski definition) is 3. The van der Waals surface area contributed by atoms with Gasteiger partial charge in [0.05, 0.1) is 14.2 Å². The van der Waals surface area contributed by atoms with Crippen LogP contribution < -0.4 is 20.5 Å². The van der Waals surface area contributed by atoms with Gasteiger partial charge in [0, 0.05) is 18.3 Å². The Labute approximate surface area is 162 Å². The van der Waals surface area contributed by atoms with Crippen LogP contribution in [0.1, 0.15) is 44.9 Å². The number of nitrogens with one attached hydrogen (secondary N) is 1. The summed E-state index contributed by atoms with van der Waals surface area (Å²) in [7, 11) is 3.23. The van der Waals surface area contributed by atoms with Gasteiger partial charge in [-0.1, -0.05) is 32.1 Å². The van der Waals surface area contributed by atoms with E-state index >= 15 is 0 Å². The molecule has 0 radical (unpaired) electrons. The molecule has 1 aliphatic rings. The van der Waals surface area contributed by atoms with Crippen molar-refractivity contribution in [2.45, 2.75) is 44.9 Å². The van der Waals surface area contributed by atoms with Crippen LogP contribution in [0.5, 0.6) is 11.5 Å². The van der Waals surface area contributed by atoms with E-state index in [4.69, 9.17) is 15.2 Å². The molecular weight excluding hydrogens is 417 g/mol. The SMILES string of the molecule is COc1ccc(NC(N)=NCCCC2CCCCC2)cc1OC.I. The van der Waals surface area contributed by atoms with Crippen LogP contribution in [0.4, 0.5) is 5.69 Å². The van der Waals surface area contributed by atoms with E-state index in [1.807, 2.05) is 18.2 Å². The summed E-state index contributed by atoms with van der Waals surface area (Å²) in [6, 6.07) is 5.59. The second-order valence-corrected chi connectivity index (χ2v) is 6.11. The van der Waals surface area contributed by atoms with E-state index in [-0.39, 0.29) is 24.0 Å². The number of anilines is 1. The molecule has 136 valence electrons. The normalized spacial score (nSPS) is 15.5. The molecule has 0 amide bonds. The van der Waals surface area contributed by atoms with Crippen LogP contribution in [0.2, 0.25) is 0 Å². The van der Waals surface area contributed by atoms with Gasteiger partial charge in [-0.25, -0.2) is 0 Å². The molecular formula is C18H30IN3O2. The fourth-order valence-electron chi connectivity index (χ4n) is 3.16. The van der Waals surface area contributed by atoms with Gasteiger partial charge in [0.1, 0.15) is 0 Å². The molecule has 2 rings (SSSR count). The number of ether oxygens (including phenoxy) is 2. The first-order chi connectivity index (χ1) is 11.2. The van der Waals surface area contributed by atoms with Crippen LogP contribution in [-0.2, 0) is 0 Å². The molecule has 6 heteroatoms. The highest BCUT2D eigenvalue weighted by molar-refractivity contribution is 14.0. The molecule has 0 atom stereocenters. The van der Waals surface area contributed by atoms with E-state index in [0.29, 0.717) is 17.5 Å². The molecule has 0 heterocycles. The van der Waals surface area contributed by atoms with E-state index in [2.05, 4.69) is 10.3 Å². The molecule has 0 bridgehead atoms. The number of halogens is 1. The number of hydrogen-bond donors (Lipinski definition) is 2. The van der Waals surface area contributed by atoms with Crippen molar-refractivity contribution in [1.29, 1.82) is 0 Å². The Kier molecular flexibility index (Phi) is 9.90. The van der Waals surface area contributed by atoms with Crippen molar-refractivity contribution in [3.63, 3.8) is 0 Å². The highest BCUT2D eigenvalue weighted by Gasteiger charge is 2.12. The third kappa shape index (κ3) is 6.75. The molecule has 0 saturated heterocycles. The summed E-state index contributed by atoms with van der Waals surface area (Å²) in [5.74, 6) is 2.71. The molecule has 1 fully saturated rings. The van der Waals surface area contributed by atoms with E-state index in [0.717, 1.165) is 24.6 Å². The third-order valence-corrected chi connectivity index (χ3v) is 4.43. The molecule has 1 saturated carbocycles. The van der Waals surface area contributed by atoms with Crippen LogP contribution in [0, 0.1) is 5.92 Å². The summed E-state index contributed by atoms with van der Waals surface area (Å²) in [5.41, 5.74) is 6.80. The number of nitrogens with zero attached hydrogens (tertiary/aromatic N) is 1. The quantitative estimate of drug-likeness (QED) is 0.281. The number of rotatable bonds is 7. The lowest BCUT2D eigenvalue weighted by Crippen LogP contribution is -2.23. The van der Waals surface area contributed by atoms with Gasteiger partial charge in [0.15, 0.2) is 17.5 Å². The minimum atomic E-state index is 0. The summed E-state index contributed by atoms with van der Waals surface area (Å²) >= 11 is 0. The van der Waals surface area contributed by atoms with Crippen LogP contribution >= 0.6 is 24.0 Å². The minimum absolute atomic E-state index is 0. The Hall–Kier alpha value is -1.18. The maximum Gasteiger partial charge on any atom is 0.193 e. The summed E-state index contributed by atoms with van der Waals surface area (Å²) in [6.07, 6.45) is 9.38. The van der Waals surface area contributed by atoms with E-state index in [9.17, 15) is 0 Å². The van der Waals surface area contributed by atoms with Gasteiger partial charge in [-0.15, -0.1) is 24.0 Å². The number of benzene rings is 1. The van der Waals surface area contributed by atoms with Crippen LogP contribution in [0.3, 0.4) is 0 Å². The monoisotopic (exact) mass is 447 g/mol. The van der Waals surface area contributed by atoms with Gasteiger partial charge in [-0.2, -0.15) is 0 Å². The van der Waals surface area contributed by atoms with Crippen LogP contribution in [0.15, 0.2) is 23.2 Å². The highest BCUT2D eigenvalue weighted by Crippen LogP contribution is 2.29. The Bertz CT molecular complexity index is 517. The van der Waals surface area contributed by atoms with E-state index < -0.39 is 0 Å². The predicted molar refractivity (Wildman–Crippen MR) is 111 cm³/mol. The van der Waals surface area contributed by atoms with Gasteiger partial charge in [0.2, 0.25) is 0 Å². The second-order valence-electron chi connectivity index (χ2n) is 6.11. The van der Waals surface area contributed by atoms with Crippen molar-refractivity contribution in [2.24, 2.45) is 16.6 Å². The van der Waals surface area contributed by atoms with Crippen LogP contribution in [0.25, 0.3) is 0 Å². The third-order valence-electron chi connectivity index (χ3n) is 4.43. The van der Waals surface area contributed by atoms with Gasteiger partial charge < -0.3 is 20.5 Å². The number of methoxy groups -OCH3 is 2. The lowest BCUT2D eigenvalue weighted by Gasteiger charge is -2.20. The molecule has 24 heavy (non-hydrogen) atoms. The van der Waals surface area contributed by atoms with Crippen molar-refractivity contribution in [1.82, 2.24) is 0 Å². The van der Waals surface area contributed by atoms with Crippen molar-refractivity contribution in [3.8, 4) is 11.5 Å². The Morgan fingerprint density at radius 3 is 2.54 bits per heavy atom. The van der Waals surface area contributed by atoms with Crippen molar-refractivity contribution in [3.05, 3.63) is 18.2 Å². The zero-order valence-electron chi connectivity index (χ0n) is 14.7. The summed E-state index contributed by atoms with van der Waals surface area (Å²) in [6.45, 7) is 0.780. The zero-order valence-corrected chi connectivity index (χ0v) is 17.0. The van der Waals surface area contributed by atoms with E-state index in [1.54, 1.807) is 14.2 Å². The van der Waals surface area contributed by atoms with Gasteiger partial charge in [0.25, 0.3) is 0 Å². The van der Waals surface area contributed by atoms with Gasteiger partial charge in [-0.05, 0) is 30.9 Å². The largest absolute Gasteiger partial charge is 0.493 e. The molecule has 0 aliphatic heterocycles. The molecule has 5 nitrogen and oxygen atoms in total. The first-order valence-electron chi connectivity index (χ1n) is 8.52. The molecule has 0 aromatic heterocycles. The minimum Gasteiger partial charge on any atom is -0.493 e. The molecule has 0 unspecified atom stereocenters. The smallest absolute Gasteiger partial charge is 0.193 e.